The summed E-state index contributed by atoms with van der Waals surface area (Å²) in [6.45, 7) is 2.45. The molecule has 0 saturated carbocycles. The molecule has 0 aliphatic carbocycles. The normalized spacial score (nSPS) is 32.8. The third-order valence-corrected chi connectivity index (χ3v) is 8.67. The molecule has 0 radical (unpaired) electrons. The number of nitrogens with one attached hydrogen (secondary N) is 2. The van der Waals surface area contributed by atoms with E-state index in [4.69, 9.17) is 19.9 Å². The highest BCUT2D eigenvalue weighted by Crippen LogP contribution is 2.36. The summed E-state index contributed by atoms with van der Waals surface area (Å²) in [7, 11) is 2.99. The molecule has 2 amide bonds. The van der Waals surface area contributed by atoms with Crippen LogP contribution in [-0.2, 0) is 23.8 Å². The number of rotatable bonds is 13. The summed E-state index contributed by atoms with van der Waals surface area (Å²) in [4.78, 5) is 56.1. The van der Waals surface area contributed by atoms with E-state index in [0.29, 0.717) is 6.54 Å². The van der Waals surface area contributed by atoms with Gasteiger partial charge in [0.2, 0.25) is 5.91 Å². The van der Waals surface area contributed by atoms with Crippen molar-refractivity contribution in [3.8, 4) is 0 Å². The lowest BCUT2D eigenvalue weighted by Crippen LogP contribution is -2.59. The molecule has 0 spiro atoms. The van der Waals surface area contributed by atoms with Crippen LogP contribution in [0.25, 0.3) is 0 Å². The zero-order valence-electron chi connectivity index (χ0n) is 26.2. The lowest BCUT2D eigenvalue weighted by atomic mass is 9.97. The van der Waals surface area contributed by atoms with Gasteiger partial charge in [-0.05, 0) is 19.5 Å². The highest BCUT2D eigenvalue weighted by atomic mass is 16.7. The van der Waals surface area contributed by atoms with Crippen LogP contribution < -0.4 is 22.3 Å². The van der Waals surface area contributed by atoms with Gasteiger partial charge in [-0.15, -0.1) is 0 Å². The van der Waals surface area contributed by atoms with Gasteiger partial charge < -0.3 is 50.6 Å². The van der Waals surface area contributed by atoms with Gasteiger partial charge in [-0.25, -0.2) is 4.79 Å². The average Bonchev–Trinajstić information content (AvgIpc) is 3.43. The van der Waals surface area contributed by atoms with Crippen molar-refractivity contribution >= 4 is 11.8 Å². The van der Waals surface area contributed by atoms with Crippen LogP contribution in [0.2, 0.25) is 0 Å². The Balaban J connectivity index is 1.61. The van der Waals surface area contributed by atoms with Gasteiger partial charge in [0.1, 0.15) is 54.5 Å². The fourth-order valence-electron chi connectivity index (χ4n) is 5.97. The van der Waals surface area contributed by atoms with Crippen LogP contribution >= 0.6 is 0 Å². The number of amides is 2. The molecule has 3 aliphatic rings. The van der Waals surface area contributed by atoms with Crippen LogP contribution in [0.1, 0.15) is 45.3 Å². The second-order valence-electron chi connectivity index (χ2n) is 11.9. The Morgan fingerprint density at radius 3 is 2.43 bits per heavy atom. The lowest BCUT2D eigenvalue weighted by Gasteiger charge is -2.38. The van der Waals surface area contributed by atoms with Crippen LogP contribution in [-0.4, -0.2) is 140 Å². The molecule has 8 N–H and O–H groups in total. The summed E-state index contributed by atoms with van der Waals surface area (Å²) in [5, 5.41) is 46.1. The van der Waals surface area contributed by atoms with Gasteiger partial charge in [0.05, 0.1) is 0 Å². The van der Waals surface area contributed by atoms with Crippen molar-refractivity contribution in [2.75, 3.05) is 33.7 Å². The van der Waals surface area contributed by atoms with Gasteiger partial charge in [0.15, 0.2) is 12.5 Å². The minimum absolute atomic E-state index is 0.0656. The third-order valence-electron chi connectivity index (χ3n) is 8.67. The van der Waals surface area contributed by atoms with E-state index < -0.39 is 84.4 Å². The standard InChI is InChI=1S/C29H46N6O11/c1-4-5-6-7-8-11-31-25(41)15-9-12-33(2)18(26(42)34(15)3)23(46-28-22(40)19(37)16(14-30)44-28)24-20(38)21(39)27(45-24)35-13-10-17(36)32-29(35)43/h9-10,13,16,18-24,27-28,37-40H,4-8,11-12,14,30H2,1-3H3,(H,31,41)(H,32,36,43)/t16?,18-,19?,20?,21?,22?,23-,24?,27?,28?/m0/s1. The molecule has 17 heteroatoms. The Morgan fingerprint density at radius 1 is 1.07 bits per heavy atom. The summed E-state index contributed by atoms with van der Waals surface area (Å²) < 4.78 is 18.6. The van der Waals surface area contributed by atoms with Gasteiger partial charge in [-0.2, -0.15) is 0 Å². The number of carbonyl (C=O) groups excluding carboxylic acids is 2. The number of H-pyrrole nitrogens is 1. The first-order valence-corrected chi connectivity index (χ1v) is 15.6. The van der Waals surface area contributed by atoms with E-state index in [2.05, 4.69) is 17.2 Å². The van der Waals surface area contributed by atoms with Crippen LogP contribution in [0.4, 0.5) is 0 Å². The number of aromatic nitrogens is 2. The average molecular weight is 655 g/mol. The number of hydrogen-bond acceptors (Lipinski definition) is 13. The maximum absolute atomic E-state index is 14.1. The Hall–Kier alpha value is -3.00. The van der Waals surface area contributed by atoms with E-state index in [0.717, 1.165) is 53.8 Å². The summed E-state index contributed by atoms with van der Waals surface area (Å²) >= 11 is 0. The molecule has 4 rings (SSSR count). The highest BCUT2D eigenvalue weighted by Gasteiger charge is 2.55. The monoisotopic (exact) mass is 654 g/mol. The molecule has 4 heterocycles. The number of nitrogens with zero attached hydrogens (tertiary/aromatic N) is 3. The molecule has 0 aromatic carbocycles. The second-order valence-corrected chi connectivity index (χ2v) is 11.9. The maximum Gasteiger partial charge on any atom is 0.330 e. The molecule has 17 nitrogen and oxygen atoms in total. The number of unbranched alkanes of at least 4 members (excludes halogenated alkanes) is 4. The highest BCUT2D eigenvalue weighted by molar-refractivity contribution is 5.99. The van der Waals surface area contributed by atoms with Crippen molar-refractivity contribution in [2.24, 2.45) is 5.73 Å². The Labute approximate surface area is 265 Å². The summed E-state index contributed by atoms with van der Waals surface area (Å²) in [5.74, 6) is -1.10. The fourth-order valence-corrected chi connectivity index (χ4v) is 5.97. The van der Waals surface area contributed by atoms with Crippen molar-refractivity contribution < 1.29 is 44.2 Å². The number of hydrogen-bond donors (Lipinski definition) is 7. The Kier molecular flexibility index (Phi) is 12.3. The molecule has 2 saturated heterocycles. The fraction of sp³-hybridized carbons (Fsp3) is 0.724. The first kappa shape index (κ1) is 35.8. The van der Waals surface area contributed by atoms with Gasteiger partial charge in [-0.3, -0.25) is 28.8 Å². The molecular formula is C29H46N6O11. The van der Waals surface area contributed by atoms with E-state index in [-0.39, 0.29) is 18.8 Å². The molecule has 8 unspecified atom stereocenters. The van der Waals surface area contributed by atoms with E-state index in [1.54, 1.807) is 13.1 Å². The first-order valence-electron chi connectivity index (χ1n) is 15.6. The van der Waals surface area contributed by atoms with Gasteiger partial charge in [0, 0.05) is 38.9 Å². The molecule has 10 atom stereocenters. The number of aromatic amines is 1. The predicted octanol–water partition coefficient (Wildman–Crippen LogP) is -3.31. The maximum atomic E-state index is 14.1. The van der Waals surface area contributed by atoms with Gasteiger partial charge in [0.25, 0.3) is 11.5 Å². The zero-order valence-corrected chi connectivity index (χ0v) is 26.2. The number of ether oxygens (including phenoxy) is 3. The van der Waals surface area contributed by atoms with Crippen molar-refractivity contribution in [3.63, 3.8) is 0 Å². The molecule has 0 bridgehead atoms. The zero-order chi connectivity index (χ0) is 33.7. The second kappa shape index (κ2) is 15.7. The number of carbonyl (C=O) groups is 2. The minimum atomic E-state index is -1.75. The smallest absolute Gasteiger partial charge is 0.330 e. The Bertz CT molecular complexity index is 1350. The van der Waals surface area contributed by atoms with Crippen molar-refractivity contribution in [3.05, 3.63) is 44.9 Å². The molecular weight excluding hydrogens is 608 g/mol. The molecule has 1 aromatic heterocycles. The number of aliphatic hydroxyl groups is 4. The van der Waals surface area contributed by atoms with Gasteiger partial charge >= 0.3 is 5.69 Å². The van der Waals surface area contributed by atoms with Crippen LogP contribution in [0.3, 0.4) is 0 Å². The molecule has 258 valence electrons. The van der Waals surface area contributed by atoms with Crippen molar-refractivity contribution in [1.82, 2.24) is 24.7 Å². The molecule has 46 heavy (non-hydrogen) atoms. The summed E-state index contributed by atoms with van der Waals surface area (Å²) in [6.07, 6.45) is -5.90. The molecule has 2 fully saturated rings. The first-order chi connectivity index (χ1) is 21.9. The predicted molar refractivity (Wildman–Crippen MR) is 161 cm³/mol. The molecule has 3 aliphatic heterocycles. The van der Waals surface area contributed by atoms with E-state index in [1.165, 1.54) is 11.9 Å². The Morgan fingerprint density at radius 2 is 1.78 bits per heavy atom. The van der Waals surface area contributed by atoms with Gasteiger partial charge in [-0.1, -0.05) is 32.6 Å². The van der Waals surface area contributed by atoms with Crippen molar-refractivity contribution in [2.45, 2.75) is 100 Å². The van der Waals surface area contributed by atoms with E-state index in [1.807, 2.05) is 0 Å². The summed E-state index contributed by atoms with van der Waals surface area (Å²) in [6, 6.07) is -0.271. The summed E-state index contributed by atoms with van der Waals surface area (Å²) in [5.41, 5.74) is 4.15. The van der Waals surface area contributed by atoms with Crippen molar-refractivity contribution in [1.29, 1.82) is 0 Å². The number of nitrogens with two attached hydrogens (primary N) is 1. The van der Waals surface area contributed by atoms with Crippen LogP contribution in [0.15, 0.2) is 33.6 Å². The van der Waals surface area contributed by atoms with Crippen LogP contribution in [0, 0.1) is 0 Å². The minimum Gasteiger partial charge on any atom is -0.387 e. The lowest BCUT2D eigenvalue weighted by molar-refractivity contribution is -0.232. The SMILES string of the molecule is CCCCCCCNC(=O)C1=CCN(C)[C@@H]([C@H](OC2OC(CN)C(O)C2O)C2OC(n3ccc(=O)[nH]c3=O)C(O)C2O)C(=O)N1C. The van der Waals surface area contributed by atoms with E-state index in [9.17, 15) is 39.6 Å². The van der Waals surface area contributed by atoms with E-state index >= 15 is 0 Å². The largest absolute Gasteiger partial charge is 0.387 e. The number of likely N-dealkylation sites (N-methyl/N-ethyl adjacent to an activating group) is 2. The molecule has 1 aromatic rings. The topological polar surface area (TPSA) is 242 Å². The third kappa shape index (κ3) is 7.58. The quantitative estimate of drug-likeness (QED) is 0.103. The van der Waals surface area contributed by atoms with Crippen LogP contribution in [0.5, 0.6) is 0 Å². The number of aliphatic hydroxyl groups excluding tert-OH is 4.